The zero-order chi connectivity index (χ0) is 19.1. The molecule has 26 heavy (non-hydrogen) atoms. The van der Waals surface area contributed by atoms with Crippen molar-refractivity contribution in [2.75, 3.05) is 20.3 Å². The fourth-order valence-corrected chi connectivity index (χ4v) is 2.77. The standard InChI is InChI=1S/C19H18BrNO5/c1-4-24-16-8-12(11-21)6-7-15(16)26-19(22)13-9-14(20)18(25-5-2)17(10-13)23-3/h6-10H,4-5H2,1-3H3. The molecule has 0 spiro atoms. The Labute approximate surface area is 160 Å². The van der Waals surface area contributed by atoms with E-state index in [-0.39, 0.29) is 11.3 Å². The van der Waals surface area contributed by atoms with E-state index in [0.29, 0.717) is 40.5 Å². The number of methoxy groups -OCH3 is 1. The summed E-state index contributed by atoms with van der Waals surface area (Å²) in [4.78, 5) is 12.6. The van der Waals surface area contributed by atoms with Crippen LogP contribution in [0.2, 0.25) is 0 Å². The minimum absolute atomic E-state index is 0.236. The van der Waals surface area contributed by atoms with E-state index in [9.17, 15) is 4.79 Å². The zero-order valence-corrected chi connectivity index (χ0v) is 16.3. The summed E-state index contributed by atoms with van der Waals surface area (Å²) in [6.07, 6.45) is 0. The van der Waals surface area contributed by atoms with Gasteiger partial charge in [-0.3, -0.25) is 0 Å². The first kappa shape index (κ1) is 19.6. The van der Waals surface area contributed by atoms with Gasteiger partial charge in [0.15, 0.2) is 23.0 Å². The molecule has 0 saturated carbocycles. The number of ether oxygens (including phenoxy) is 4. The number of nitriles is 1. The SMILES string of the molecule is CCOc1cc(C#N)ccc1OC(=O)c1cc(Br)c(OCC)c(OC)c1. The molecule has 0 aliphatic heterocycles. The normalized spacial score (nSPS) is 9.96. The Hall–Kier alpha value is -2.72. The van der Waals surface area contributed by atoms with Crippen molar-refractivity contribution in [3.05, 3.63) is 45.9 Å². The largest absolute Gasteiger partial charge is 0.493 e. The average Bonchev–Trinajstić information content (AvgIpc) is 2.64. The topological polar surface area (TPSA) is 77.8 Å². The Morgan fingerprint density at radius 2 is 1.81 bits per heavy atom. The predicted octanol–water partition coefficient (Wildman–Crippen LogP) is 4.35. The average molecular weight is 420 g/mol. The molecule has 2 rings (SSSR count). The Balaban J connectivity index is 2.33. The molecular weight excluding hydrogens is 402 g/mol. The number of carbonyl (C=O) groups excluding carboxylic acids is 1. The van der Waals surface area contributed by atoms with E-state index in [4.69, 9.17) is 24.2 Å². The molecule has 0 aromatic heterocycles. The van der Waals surface area contributed by atoms with E-state index in [1.165, 1.54) is 19.2 Å². The maximum Gasteiger partial charge on any atom is 0.343 e. The van der Waals surface area contributed by atoms with Crippen molar-refractivity contribution in [1.29, 1.82) is 5.26 Å². The van der Waals surface area contributed by atoms with Gasteiger partial charge in [0.1, 0.15) is 0 Å². The third kappa shape index (κ3) is 4.46. The van der Waals surface area contributed by atoms with Crippen LogP contribution in [0.3, 0.4) is 0 Å². The van der Waals surface area contributed by atoms with Crippen molar-refractivity contribution >= 4 is 21.9 Å². The maximum absolute atomic E-state index is 12.6. The van der Waals surface area contributed by atoms with Crippen molar-refractivity contribution in [2.45, 2.75) is 13.8 Å². The monoisotopic (exact) mass is 419 g/mol. The second-order valence-electron chi connectivity index (χ2n) is 5.02. The Bertz CT molecular complexity index is 845. The van der Waals surface area contributed by atoms with Crippen molar-refractivity contribution in [2.24, 2.45) is 0 Å². The van der Waals surface area contributed by atoms with Gasteiger partial charge in [0.25, 0.3) is 0 Å². The fraction of sp³-hybridized carbons (Fsp3) is 0.263. The van der Waals surface area contributed by atoms with Crippen LogP contribution in [-0.4, -0.2) is 26.3 Å². The number of hydrogen-bond acceptors (Lipinski definition) is 6. The van der Waals surface area contributed by atoms with Crippen LogP contribution in [0.5, 0.6) is 23.0 Å². The van der Waals surface area contributed by atoms with E-state index in [1.807, 2.05) is 13.0 Å². The molecule has 0 fully saturated rings. The number of hydrogen-bond donors (Lipinski definition) is 0. The molecule has 0 heterocycles. The summed E-state index contributed by atoms with van der Waals surface area (Å²) in [5, 5.41) is 8.99. The van der Waals surface area contributed by atoms with Gasteiger partial charge in [-0.2, -0.15) is 5.26 Å². The van der Waals surface area contributed by atoms with E-state index in [1.54, 1.807) is 25.1 Å². The highest BCUT2D eigenvalue weighted by molar-refractivity contribution is 9.10. The minimum Gasteiger partial charge on any atom is -0.493 e. The summed E-state index contributed by atoms with van der Waals surface area (Å²) in [5.41, 5.74) is 0.697. The van der Waals surface area contributed by atoms with Gasteiger partial charge in [0, 0.05) is 6.07 Å². The third-order valence-corrected chi connectivity index (χ3v) is 3.92. The first-order valence-corrected chi connectivity index (χ1v) is 8.72. The number of nitrogens with zero attached hydrogens (tertiary/aromatic N) is 1. The maximum atomic E-state index is 12.6. The highest BCUT2D eigenvalue weighted by Crippen LogP contribution is 2.37. The van der Waals surface area contributed by atoms with E-state index >= 15 is 0 Å². The molecule has 136 valence electrons. The van der Waals surface area contributed by atoms with Crippen LogP contribution in [-0.2, 0) is 0 Å². The lowest BCUT2D eigenvalue weighted by Crippen LogP contribution is -2.10. The molecule has 0 N–H and O–H groups in total. The summed E-state index contributed by atoms with van der Waals surface area (Å²) in [6, 6.07) is 9.78. The van der Waals surface area contributed by atoms with Gasteiger partial charge in [-0.25, -0.2) is 4.79 Å². The second-order valence-corrected chi connectivity index (χ2v) is 5.87. The summed E-state index contributed by atoms with van der Waals surface area (Å²) in [6.45, 7) is 4.50. The molecule has 7 heteroatoms. The van der Waals surface area contributed by atoms with E-state index in [2.05, 4.69) is 15.9 Å². The van der Waals surface area contributed by atoms with Crippen LogP contribution >= 0.6 is 15.9 Å². The van der Waals surface area contributed by atoms with Gasteiger partial charge in [0.2, 0.25) is 0 Å². The second kappa shape index (κ2) is 9.11. The smallest absolute Gasteiger partial charge is 0.343 e. The Morgan fingerprint density at radius 1 is 1.08 bits per heavy atom. The van der Waals surface area contributed by atoms with Gasteiger partial charge >= 0.3 is 5.97 Å². The third-order valence-electron chi connectivity index (χ3n) is 3.33. The van der Waals surface area contributed by atoms with Gasteiger partial charge in [-0.05, 0) is 54.0 Å². The molecule has 2 aromatic carbocycles. The van der Waals surface area contributed by atoms with Crippen molar-refractivity contribution in [3.63, 3.8) is 0 Å². The summed E-state index contributed by atoms with van der Waals surface area (Å²) in [7, 11) is 1.49. The number of benzene rings is 2. The molecule has 2 aromatic rings. The molecule has 0 bridgehead atoms. The highest BCUT2D eigenvalue weighted by atomic mass is 79.9. The lowest BCUT2D eigenvalue weighted by atomic mass is 10.2. The van der Waals surface area contributed by atoms with Crippen LogP contribution < -0.4 is 18.9 Å². The molecule has 0 unspecified atom stereocenters. The van der Waals surface area contributed by atoms with Crippen LogP contribution in [0.25, 0.3) is 0 Å². The minimum atomic E-state index is -0.585. The van der Waals surface area contributed by atoms with Crippen LogP contribution in [0.15, 0.2) is 34.8 Å². The Morgan fingerprint density at radius 3 is 2.42 bits per heavy atom. The molecule has 0 amide bonds. The molecule has 0 radical (unpaired) electrons. The highest BCUT2D eigenvalue weighted by Gasteiger charge is 2.18. The van der Waals surface area contributed by atoms with Gasteiger partial charge in [0.05, 0.1) is 42.0 Å². The molecular formula is C19H18BrNO5. The van der Waals surface area contributed by atoms with E-state index in [0.717, 1.165) is 0 Å². The number of rotatable bonds is 7. The summed E-state index contributed by atoms with van der Waals surface area (Å²) >= 11 is 3.38. The first-order valence-electron chi connectivity index (χ1n) is 7.93. The number of halogens is 1. The van der Waals surface area contributed by atoms with Gasteiger partial charge in [-0.15, -0.1) is 0 Å². The lowest BCUT2D eigenvalue weighted by Gasteiger charge is -2.14. The van der Waals surface area contributed by atoms with Gasteiger partial charge in [-0.1, -0.05) is 0 Å². The quantitative estimate of drug-likeness (QED) is 0.490. The molecule has 0 aliphatic rings. The molecule has 0 atom stereocenters. The van der Waals surface area contributed by atoms with Crippen LogP contribution in [0, 0.1) is 11.3 Å². The first-order chi connectivity index (χ1) is 12.5. The van der Waals surface area contributed by atoms with Crippen LogP contribution in [0.4, 0.5) is 0 Å². The lowest BCUT2D eigenvalue weighted by molar-refractivity contribution is 0.0728. The van der Waals surface area contributed by atoms with Crippen molar-refractivity contribution in [3.8, 4) is 29.1 Å². The molecule has 0 aliphatic carbocycles. The molecule has 0 saturated heterocycles. The Kier molecular flexibility index (Phi) is 6.87. The summed E-state index contributed by atoms with van der Waals surface area (Å²) < 4.78 is 22.3. The van der Waals surface area contributed by atoms with E-state index < -0.39 is 5.97 Å². The molecule has 6 nitrogen and oxygen atoms in total. The van der Waals surface area contributed by atoms with Gasteiger partial charge < -0.3 is 18.9 Å². The van der Waals surface area contributed by atoms with Crippen LogP contribution in [0.1, 0.15) is 29.8 Å². The van der Waals surface area contributed by atoms with Crippen molar-refractivity contribution in [1.82, 2.24) is 0 Å². The predicted molar refractivity (Wildman–Crippen MR) is 99.1 cm³/mol. The number of carbonyl (C=O) groups is 1. The van der Waals surface area contributed by atoms with Crippen molar-refractivity contribution < 1.29 is 23.7 Å². The number of esters is 1. The fourth-order valence-electron chi connectivity index (χ4n) is 2.21. The zero-order valence-electron chi connectivity index (χ0n) is 14.7. The summed E-state index contributed by atoms with van der Waals surface area (Å²) in [5.74, 6) is 0.910.